The summed E-state index contributed by atoms with van der Waals surface area (Å²) in [4.78, 5) is 38.5. The number of likely N-dealkylation sites (tertiary alicyclic amines) is 1. The van der Waals surface area contributed by atoms with Gasteiger partial charge in [-0.15, -0.1) is 0 Å². The second kappa shape index (κ2) is 13.0. The number of nitrogens with two attached hydrogens (primary N) is 1. The summed E-state index contributed by atoms with van der Waals surface area (Å²) in [7, 11) is 0. The lowest BCUT2D eigenvalue weighted by atomic mass is 9.90. The van der Waals surface area contributed by atoms with E-state index in [0.717, 1.165) is 51.4 Å². The largest absolute Gasteiger partial charge is 0.482 e. The molecule has 0 unspecified atom stereocenters. The van der Waals surface area contributed by atoms with Gasteiger partial charge in [-0.3, -0.25) is 24.4 Å². The molecule has 248 valence electrons. The van der Waals surface area contributed by atoms with Gasteiger partial charge in [0.25, 0.3) is 11.8 Å². The number of hydrogen-bond donors (Lipinski definition) is 3. The number of aromatic nitrogens is 2. The Hall–Kier alpha value is -4.49. The van der Waals surface area contributed by atoms with Crippen molar-refractivity contribution in [3.05, 3.63) is 64.6 Å². The molecule has 47 heavy (non-hydrogen) atoms. The number of halogens is 2. The minimum absolute atomic E-state index is 0.0719. The first-order chi connectivity index (χ1) is 22.5. The Morgan fingerprint density at radius 1 is 1.21 bits per heavy atom. The number of nitrogens with zero attached hydrogens (tertiary/aromatic N) is 4. The van der Waals surface area contributed by atoms with Gasteiger partial charge in [-0.25, -0.2) is 13.8 Å². The molecule has 3 aliphatic heterocycles. The van der Waals surface area contributed by atoms with Gasteiger partial charge in [-0.05, 0) is 49.8 Å². The van der Waals surface area contributed by atoms with Crippen LogP contribution in [0.2, 0.25) is 0 Å². The molecule has 0 spiro atoms. The maximum atomic E-state index is 14.5. The van der Waals surface area contributed by atoms with Crippen molar-refractivity contribution < 1.29 is 27.8 Å². The molecule has 0 radical (unpaired) electrons. The molecule has 3 aromatic rings. The highest BCUT2D eigenvalue weighted by atomic mass is 19.1. The lowest BCUT2D eigenvalue weighted by Gasteiger charge is -2.49. The molecule has 4 N–H and O–H groups in total. The molecule has 6 rings (SSSR count). The van der Waals surface area contributed by atoms with Crippen molar-refractivity contribution in [3.8, 4) is 16.9 Å². The Kier molecular flexibility index (Phi) is 8.95. The summed E-state index contributed by atoms with van der Waals surface area (Å²) < 4.78 is 39.2. The molecule has 0 aliphatic carbocycles. The van der Waals surface area contributed by atoms with E-state index in [0.29, 0.717) is 46.1 Å². The van der Waals surface area contributed by atoms with E-state index >= 15 is 0 Å². The number of amides is 2. The summed E-state index contributed by atoms with van der Waals surface area (Å²) in [6.07, 6.45) is 4.31. The first-order valence-corrected chi connectivity index (χ1v) is 15.8. The molecular formula is C34H39F2N7O4. The van der Waals surface area contributed by atoms with Crippen molar-refractivity contribution in [1.29, 1.82) is 5.41 Å². The Morgan fingerprint density at radius 3 is 2.57 bits per heavy atom. The SMILES string of the molecule is CC(C)Cc1nc(NC2CCN(C3(C)COC3)CC2)c(C=N)c(-c2ccc3c(c2)OCC(=O)N3Cc2ncc(F)cc2F)c1C(N)=O. The molecule has 0 bridgehead atoms. The van der Waals surface area contributed by atoms with E-state index in [4.69, 9.17) is 25.6 Å². The molecule has 2 fully saturated rings. The number of hydrogen-bond acceptors (Lipinski definition) is 9. The average Bonchev–Trinajstić information content (AvgIpc) is 3.01. The zero-order valence-electron chi connectivity index (χ0n) is 26.7. The van der Waals surface area contributed by atoms with Gasteiger partial charge in [-0.2, -0.15) is 0 Å². The molecule has 2 aromatic heterocycles. The molecule has 0 atom stereocenters. The average molecular weight is 648 g/mol. The standard InChI is InChI=1S/C34H39F2N7O4/c1-19(2)10-25-31(32(38)45)30(23(13-37)33(41-25)40-22-6-8-42(9-7-22)34(3)17-46-18-34)20-4-5-27-28(11-20)47-16-29(44)43(27)15-26-24(36)12-21(35)14-39-26/h4-5,11-14,19,22,37H,6-10,15-18H2,1-3H3,(H2,38,45)(H,40,41). The summed E-state index contributed by atoms with van der Waals surface area (Å²) in [5.74, 6) is -1.80. The van der Waals surface area contributed by atoms with Crippen LogP contribution in [0.25, 0.3) is 11.1 Å². The predicted octanol–water partition coefficient (Wildman–Crippen LogP) is 4.31. The van der Waals surface area contributed by atoms with Crippen molar-refractivity contribution in [2.24, 2.45) is 11.7 Å². The van der Waals surface area contributed by atoms with Gasteiger partial charge in [0.1, 0.15) is 23.2 Å². The van der Waals surface area contributed by atoms with Gasteiger partial charge < -0.3 is 25.9 Å². The van der Waals surface area contributed by atoms with Gasteiger partial charge in [0, 0.05) is 42.5 Å². The maximum absolute atomic E-state index is 14.5. The van der Waals surface area contributed by atoms with Crippen LogP contribution in [0.15, 0.2) is 30.5 Å². The smallest absolute Gasteiger partial charge is 0.265 e. The van der Waals surface area contributed by atoms with E-state index in [2.05, 4.69) is 22.1 Å². The van der Waals surface area contributed by atoms with Crippen molar-refractivity contribution >= 4 is 29.5 Å². The van der Waals surface area contributed by atoms with Crippen molar-refractivity contribution in [2.45, 2.75) is 58.2 Å². The fourth-order valence-corrected chi connectivity index (χ4v) is 6.58. The van der Waals surface area contributed by atoms with E-state index in [1.807, 2.05) is 13.8 Å². The third kappa shape index (κ3) is 6.41. The van der Waals surface area contributed by atoms with Gasteiger partial charge in [0.15, 0.2) is 6.61 Å². The molecule has 11 nitrogen and oxygen atoms in total. The normalized spacial score (nSPS) is 18.0. The number of pyridine rings is 2. The Bertz CT molecular complexity index is 1720. The quantitative estimate of drug-likeness (QED) is 0.276. The van der Waals surface area contributed by atoms with E-state index in [9.17, 15) is 18.4 Å². The molecule has 2 amide bonds. The lowest BCUT2D eigenvalue weighted by Crippen LogP contribution is -2.62. The van der Waals surface area contributed by atoms with Crippen LogP contribution >= 0.6 is 0 Å². The van der Waals surface area contributed by atoms with Crippen LogP contribution in [-0.2, 0) is 22.5 Å². The first kappa shape index (κ1) is 32.5. The second-order valence-corrected chi connectivity index (χ2v) is 13.1. The number of rotatable bonds is 10. The van der Waals surface area contributed by atoms with E-state index in [1.54, 1.807) is 18.2 Å². The predicted molar refractivity (Wildman–Crippen MR) is 173 cm³/mol. The maximum Gasteiger partial charge on any atom is 0.265 e. The summed E-state index contributed by atoms with van der Waals surface area (Å²) in [5.41, 5.74) is 8.49. The zero-order valence-corrected chi connectivity index (χ0v) is 26.7. The van der Waals surface area contributed by atoms with E-state index in [-0.39, 0.29) is 41.9 Å². The highest BCUT2D eigenvalue weighted by Gasteiger charge is 2.41. The molecular weight excluding hydrogens is 608 g/mol. The Morgan fingerprint density at radius 2 is 1.96 bits per heavy atom. The third-order valence-corrected chi connectivity index (χ3v) is 9.11. The Balaban J connectivity index is 1.38. The molecule has 2 saturated heterocycles. The van der Waals surface area contributed by atoms with E-state index in [1.165, 1.54) is 11.1 Å². The minimum Gasteiger partial charge on any atom is -0.482 e. The fraction of sp³-hybridized carbons (Fsp3) is 0.441. The third-order valence-electron chi connectivity index (χ3n) is 9.11. The first-order valence-electron chi connectivity index (χ1n) is 15.8. The highest BCUT2D eigenvalue weighted by Crippen LogP contribution is 2.41. The number of carbonyl (C=O) groups is 2. The van der Waals surface area contributed by atoms with Gasteiger partial charge in [0.2, 0.25) is 0 Å². The van der Waals surface area contributed by atoms with E-state index < -0.39 is 23.4 Å². The molecule has 13 heteroatoms. The number of ether oxygens (including phenoxy) is 2. The van der Waals surface area contributed by atoms with Crippen LogP contribution in [0.1, 0.15) is 60.9 Å². The number of carbonyl (C=O) groups excluding carboxylic acids is 2. The Labute approximate surface area is 272 Å². The van der Waals surface area contributed by atoms with Crippen LogP contribution < -0.4 is 20.7 Å². The number of anilines is 2. The number of fused-ring (bicyclic) bond motifs is 1. The van der Waals surface area contributed by atoms with Crippen LogP contribution in [0.5, 0.6) is 5.75 Å². The molecule has 1 aromatic carbocycles. The molecule has 0 saturated carbocycles. The topological polar surface area (TPSA) is 147 Å². The molecule has 3 aliphatic rings. The second-order valence-electron chi connectivity index (χ2n) is 13.1. The summed E-state index contributed by atoms with van der Waals surface area (Å²) in [5, 5.41) is 12.0. The number of primary amides is 1. The monoisotopic (exact) mass is 647 g/mol. The van der Waals surface area contributed by atoms with Crippen LogP contribution in [0, 0.1) is 23.0 Å². The van der Waals surface area contributed by atoms with Crippen molar-refractivity contribution in [1.82, 2.24) is 14.9 Å². The van der Waals surface area contributed by atoms with Crippen molar-refractivity contribution in [2.75, 3.05) is 43.1 Å². The fourth-order valence-electron chi connectivity index (χ4n) is 6.58. The summed E-state index contributed by atoms with van der Waals surface area (Å²) in [6.45, 7) is 9.00. The summed E-state index contributed by atoms with van der Waals surface area (Å²) >= 11 is 0. The summed E-state index contributed by atoms with van der Waals surface area (Å²) in [6, 6.07) is 5.85. The van der Waals surface area contributed by atoms with Crippen molar-refractivity contribution in [3.63, 3.8) is 0 Å². The highest BCUT2D eigenvalue weighted by molar-refractivity contribution is 6.08. The lowest BCUT2D eigenvalue weighted by molar-refractivity contribution is -0.135. The van der Waals surface area contributed by atoms with Crippen LogP contribution in [0.4, 0.5) is 20.3 Å². The van der Waals surface area contributed by atoms with Crippen LogP contribution in [-0.4, -0.2) is 77.4 Å². The zero-order chi connectivity index (χ0) is 33.5. The minimum atomic E-state index is -0.865. The number of benzene rings is 1. The number of piperidine rings is 1. The molecule has 5 heterocycles. The van der Waals surface area contributed by atoms with Gasteiger partial charge in [0.05, 0.1) is 54.1 Å². The van der Waals surface area contributed by atoms with Gasteiger partial charge >= 0.3 is 0 Å². The number of nitrogens with one attached hydrogen (secondary N) is 2. The van der Waals surface area contributed by atoms with Gasteiger partial charge in [-0.1, -0.05) is 19.9 Å². The van der Waals surface area contributed by atoms with Crippen LogP contribution in [0.3, 0.4) is 0 Å².